The average molecular weight is 903 g/mol. The summed E-state index contributed by atoms with van der Waals surface area (Å²) in [5.74, 6) is 1.49. The molecule has 0 radical (unpaired) electrons. The molecule has 17 heteroatoms. The predicted molar refractivity (Wildman–Crippen MR) is 247 cm³/mol. The van der Waals surface area contributed by atoms with E-state index in [0.717, 1.165) is 79.0 Å². The van der Waals surface area contributed by atoms with Crippen molar-refractivity contribution in [2.45, 2.75) is 76.7 Å². The van der Waals surface area contributed by atoms with Crippen LogP contribution in [0, 0.1) is 24.7 Å². The number of rotatable bonds is 13. The SMILES string of the molecule is Cc1ncsc1-c1ccc([C@H](C)NC(=O)[C@@H]2C[C@@H](O)CN2C(=O)[C@@H](c2cc(OCCN3CC4CC(C3)C4N3CCN4c5cc(-c6ccccc6O)nnc5NCC4C3)no2)C(C)C)cc1. The molecule has 7 atom stereocenters. The summed E-state index contributed by atoms with van der Waals surface area (Å²) >= 11 is 1.60. The number of hydrogen-bond acceptors (Lipinski definition) is 15. The van der Waals surface area contributed by atoms with Gasteiger partial charge in [-0.15, -0.1) is 21.5 Å². The number of likely N-dealkylation sites (tertiary alicyclic amines) is 1. The van der Waals surface area contributed by atoms with Crippen LogP contribution in [0.5, 0.6) is 11.6 Å². The van der Waals surface area contributed by atoms with E-state index in [1.807, 2.05) is 75.7 Å². The van der Waals surface area contributed by atoms with Crippen molar-refractivity contribution in [2.75, 3.05) is 69.2 Å². The number of ether oxygens (including phenoxy) is 1. The third kappa shape index (κ3) is 8.54. The quantitative estimate of drug-likeness (QED) is 0.121. The summed E-state index contributed by atoms with van der Waals surface area (Å²) in [4.78, 5) is 42.6. The number of β-amino-alcohol motifs (C(OH)–C–C–N with tert-alkyl or cyclic N) is 1. The molecule has 8 heterocycles. The zero-order chi connectivity index (χ0) is 44.9. The fourth-order valence-corrected chi connectivity index (χ4v) is 11.8. The Hall–Kier alpha value is -5.62. The van der Waals surface area contributed by atoms with Crippen LogP contribution in [-0.2, 0) is 9.59 Å². The molecule has 4 N–H and O–H groups in total. The van der Waals surface area contributed by atoms with E-state index in [9.17, 15) is 19.8 Å². The Morgan fingerprint density at radius 3 is 2.55 bits per heavy atom. The Labute approximate surface area is 383 Å². The summed E-state index contributed by atoms with van der Waals surface area (Å²) in [7, 11) is 0. The zero-order valence-corrected chi connectivity index (χ0v) is 38.2. The number of piperazine rings is 1. The minimum atomic E-state index is -0.818. The topological polar surface area (TPSA) is 186 Å². The lowest BCUT2D eigenvalue weighted by Crippen LogP contribution is -2.69. The van der Waals surface area contributed by atoms with Gasteiger partial charge in [0.1, 0.15) is 24.3 Å². The molecular formula is C48H58N10O6S. The number of hydrogen-bond donors (Lipinski definition) is 4. The Balaban J connectivity index is 0.705. The highest BCUT2D eigenvalue weighted by Crippen LogP contribution is 2.45. The number of aromatic nitrogens is 4. The highest BCUT2D eigenvalue weighted by atomic mass is 32.1. The number of aryl methyl sites for hydroxylation is 1. The molecule has 2 aromatic carbocycles. The number of benzene rings is 2. The van der Waals surface area contributed by atoms with Crippen molar-refractivity contribution in [3.05, 3.63) is 83.2 Å². The molecule has 65 heavy (non-hydrogen) atoms. The molecule has 16 nitrogen and oxygen atoms in total. The fraction of sp³-hybridized carbons (Fsp3) is 0.500. The van der Waals surface area contributed by atoms with Gasteiger partial charge in [-0.05, 0) is 72.5 Å². The fourth-order valence-electron chi connectivity index (χ4n) is 11.0. The number of anilines is 2. The third-order valence-corrected chi connectivity index (χ3v) is 15.3. The first kappa shape index (κ1) is 43.3. The number of piperidine rings is 2. The highest BCUT2D eigenvalue weighted by Gasteiger charge is 2.51. The number of thiazole rings is 1. The third-order valence-electron chi connectivity index (χ3n) is 14.3. The summed E-state index contributed by atoms with van der Waals surface area (Å²) in [5, 5.41) is 40.9. The van der Waals surface area contributed by atoms with Crippen molar-refractivity contribution in [1.29, 1.82) is 0 Å². The molecule has 0 spiro atoms. The number of phenols is 1. The van der Waals surface area contributed by atoms with Crippen molar-refractivity contribution in [1.82, 2.24) is 40.4 Å². The minimum absolute atomic E-state index is 0.0639. The molecule has 11 rings (SSSR count). The van der Waals surface area contributed by atoms with Crippen molar-refractivity contribution in [3.8, 4) is 33.3 Å². The van der Waals surface area contributed by atoms with Crippen LogP contribution >= 0.6 is 11.3 Å². The van der Waals surface area contributed by atoms with Crippen molar-refractivity contribution >= 4 is 34.7 Å². The molecule has 6 aliphatic rings. The Morgan fingerprint density at radius 2 is 1.80 bits per heavy atom. The Kier molecular flexibility index (Phi) is 12.0. The number of amides is 2. The van der Waals surface area contributed by atoms with Gasteiger partial charge in [0, 0.05) is 76.5 Å². The number of phenolic OH excluding ortho intramolecular Hbond substituents is 1. The van der Waals surface area contributed by atoms with Crippen LogP contribution in [0.1, 0.15) is 62.6 Å². The number of fused-ring (bicyclic) bond motifs is 5. The second-order valence-electron chi connectivity index (χ2n) is 18.9. The van der Waals surface area contributed by atoms with Gasteiger partial charge in [-0.25, -0.2) is 4.98 Å². The molecule has 3 unspecified atom stereocenters. The molecule has 342 valence electrons. The average Bonchev–Trinajstić information content (AvgIpc) is 4.06. The first-order chi connectivity index (χ1) is 31.5. The van der Waals surface area contributed by atoms with Gasteiger partial charge < -0.3 is 39.9 Å². The van der Waals surface area contributed by atoms with E-state index >= 15 is 0 Å². The maximum atomic E-state index is 14.3. The second-order valence-corrected chi connectivity index (χ2v) is 19.7. The van der Waals surface area contributed by atoms with E-state index in [1.165, 1.54) is 11.3 Å². The van der Waals surface area contributed by atoms with E-state index in [-0.39, 0.29) is 42.5 Å². The monoisotopic (exact) mass is 902 g/mol. The van der Waals surface area contributed by atoms with Crippen LogP contribution in [0.25, 0.3) is 21.7 Å². The van der Waals surface area contributed by atoms with Gasteiger partial charge in [0.15, 0.2) is 11.6 Å². The lowest BCUT2D eigenvalue weighted by atomic mass is 9.65. The summed E-state index contributed by atoms with van der Waals surface area (Å²) in [6, 6.07) is 18.9. The van der Waals surface area contributed by atoms with E-state index in [4.69, 9.17) is 9.26 Å². The first-order valence-corrected chi connectivity index (χ1v) is 23.9. The van der Waals surface area contributed by atoms with Crippen LogP contribution in [0.15, 0.2) is 70.7 Å². The number of aromatic hydroxyl groups is 1. The Bertz CT molecular complexity index is 2500. The maximum Gasteiger partial charge on any atom is 0.254 e. The Morgan fingerprint density at radius 1 is 1.00 bits per heavy atom. The standard InChI is InChI=1S/C48H58N10O6S/c1-27(2)43(48(62)58-25-35(59)18-39(58)47(61)51-28(3)30-9-11-31(12-10-30)45-29(4)50-26-65-45)41-20-42(54-64-41)63-16-15-55-22-32-17-33(23-55)44(32)56-13-14-57-34(24-56)21-49-46-38(57)19-37(52-53-46)36-7-5-6-8-40(36)60/h5-12,19-20,26-28,32-35,39,43-44,59-60H,13-18,21-25H2,1-4H3,(H,49,53)(H,51,61)/t28-,32?,33?,34?,35+,39-,43+,44?/m0/s1. The highest BCUT2D eigenvalue weighted by molar-refractivity contribution is 7.13. The lowest BCUT2D eigenvalue weighted by Gasteiger charge is -2.60. The normalized spacial score (nSPS) is 25.0. The molecule has 4 saturated heterocycles. The van der Waals surface area contributed by atoms with E-state index in [0.29, 0.717) is 53.4 Å². The number of carbonyl (C=O) groups is 2. The molecule has 2 amide bonds. The zero-order valence-electron chi connectivity index (χ0n) is 37.3. The lowest BCUT2D eigenvalue weighted by molar-refractivity contribution is -0.141. The van der Waals surface area contributed by atoms with Crippen molar-refractivity contribution in [3.63, 3.8) is 0 Å². The summed E-state index contributed by atoms with van der Waals surface area (Å²) in [5.41, 5.74) is 7.23. The summed E-state index contributed by atoms with van der Waals surface area (Å²) in [6.45, 7) is 14.8. The van der Waals surface area contributed by atoms with Crippen LogP contribution < -0.4 is 20.3 Å². The van der Waals surface area contributed by atoms with Crippen molar-refractivity contribution in [2.24, 2.45) is 17.8 Å². The van der Waals surface area contributed by atoms with Gasteiger partial charge in [-0.3, -0.25) is 19.4 Å². The summed E-state index contributed by atoms with van der Waals surface area (Å²) in [6.07, 6.45) is 0.596. The number of nitrogens with one attached hydrogen (secondary N) is 2. The largest absolute Gasteiger partial charge is 0.507 e. The number of aliphatic hydroxyl groups excluding tert-OH is 1. The van der Waals surface area contributed by atoms with Gasteiger partial charge in [0.25, 0.3) is 5.88 Å². The number of nitrogens with zero attached hydrogens (tertiary/aromatic N) is 8. The first-order valence-electron chi connectivity index (χ1n) is 23.0. The van der Waals surface area contributed by atoms with Crippen LogP contribution in [0.4, 0.5) is 11.5 Å². The molecule has 2 bridgehead atoms. The number of carbonyl (C=O) groups excluding carboxylic acids is 2. The van der Waals surface area contributed by atoms with Gasteiger partial charge >= 0.3 is 0 Å². The van der Waals surface area contributed by atoms with Crippen LogP contribution in [0.3, 0.4) is 0 Å². The molecule has 1 aliphatic carbocycles. The minimum Gasteiger partial charge on any atom is -0.507 e. The van der Waals surface area contributed by atoms with Crippen molar-refractivity contribution < 1.29 is 29.1 Å². The molecule has 5 fully saturated rings. The van der Waals surface area contributed by atoms with E-state index < -0.39 is 18.1 Å². The second kappa shape index (κ2) is 18.0. The van der Waals surface area contributed by atoms with Gasteiger partial charge in [-0.2, -0.15) is 0 Å². The van der Waals surface area contributed by atoms with Gasteiger partial charge in [0.2, 0.25) is 11.8 Å². The maximum absolute atomic E-state index is 14.3. The molecule has 5 aromatic rings. The van der Waals surface area contributed by atoms with Gasteiger partial charge in [-0.1, -0.05) is 50.2 Å². The smallest absolute Gasteiger partial charge is 0.254 e. The number of aliphatic hydroxyl groups is 1. The predicted octanol–water partition coefficient (Wildman–Crippen LogP) is 5.16. The molecule has 1 saturated carbocycles. The van der Waals surface area contributed by atoms with E-state index in [2.05, 4.69) is 51.7 Å². The number of para-hydroxylation sites is 1. The molecule has 3 aromatic heterocycles. The van der Waals surface area contributed by atoms with Crippen LogP contribution in [-0.4, -0.2) is 140 Å². The van der Waals surface area contributed by atoms with Gasteiger partial charge in [0.05, 0.1) is 45.7 Å². The van der Waals surface area contributed by atoms with Crippen LogP contribution in [0.2, 0.25) is 0 Å². The molecular weight excluding hydrogens is 845 g/mol. The molecule has 5 aliphatic heterocycles. The van der Waals surface area contributed by atoms with E-state index in [1.54, 1.807) is 23.5 Å². The summed E-state index contributed by atoms with van der Waals surface area (Å²) < 4.78 is 11.9.